The van der Waals surface area contributed by atoms with Gasteiger partial charge in [0.1, 0.15) is 0 Å². The predicted molar refractivity (Wildman–Crippen MR) is 48.7 cm³/mol. The predicted octanol–water partition coefficient (Wildman–Crippen LogP) is 3.55. The van der Waals surface area contributed by atoms with Gasteiger partial charge in [-0.3, -0.25) is 0 Å². The molecule has 0 fully saturated rings. The number of halogens is 6. The largest absolute Gasteiger partial charge is 0.430 e. The van der Waals surface area contributed by atoms with Gasteiger partial charge in [0.15, 0.2) is 5.69 Å². The van der Waals surface area contributed by atoms with Gasteiger partial charge >= 0.3 is 12.4 Å². The van der Waals surface area contributed by atoms with Gasteiger partial charge < -0.3 is 5.11 Å². The summed E-state index contributed by atoms with van der Waals surface area (Å²) >= 11 is 0. The van der Waals surface area contributed by atoms with Gasteiger partial charge in [0.05, 0.1) is 6.57 Å². The molecule has 18 heavy (non-hydrogen) atoms. The molecular weight excluding hydrogens is 264 g/mol. The molecule has 1 aromatic carbocycles. The molecule has 98 valence electrons. The number of hydrogen-bond acceptors (Lipinski definition) is 1. The van der Waals surface area contributed by atoms with Crippen molar-refractivity contribution in [3.8, 4) is 0 Å². The number of rotatable bonds is 1. The van der Waals surface area contributed by atoms with Crippen LogP contribution in [0.2, 0.25) is 0 Å². The van der Waals surface area contributed by atoms with Crippen LogP contribution in [-0.4, -0.2) is 17.5 Å². The van der Waals surface area contributed by atoms with E-state index in [9.17, 15) is 26.3 Å². The number of benzene rings is 1. The first-order valence-corrected chi connectivity index (χ1v) is 4.38. The first-order chi connectivity index (χ1) is 8.04. The minimum Gasteiger partial charge on any atom is -0.369 e. The van der Waals surface area contributed by atoms with Gasteiger partial charge in [-0.05, 0) is 5.56 Å². The molecule has 0 aliphatic rings. The highest BCUT2D eigenvalue weighted by atomic mass is 19.4. The zero-order valence-corrected chi connectivity index (χ0v) is 8.47. The zero-order chi connectivity index (χ0) is 14.2. The molecular formula is C10H5F6NO. The Bertz CT molecular complexity index is 453. The van der Waals surface area contributed by atoms with Crippen LogP contribution in [-0.2, 0) is 5.60 Å². The Kier molecular flexibility index (Phi) is 3.32. The lowest BCUT2D eigenvalue weighted by atomic mass is 9.92. The van der Waals surface area contributed by atoms with E-state index >= 15 is 0 Å². The van der Waals surface area contributed by atoms with E-state index in [0.717, 1.165) is 12.1 Å². The van der Waals surface area contributed by atoms with Crippen molar-refractivity contribution in [2.75, 3.05) is 0 Å². The molecule has 0 unspecified atom stereocenters. The van der Waals surface area contributed by atoms with Crippen LogP contribution in [0.3, 0.4) is 0 Å². The molecule has 0 aliphatic heterocycles. The van der Waals surface area contributed by atoms with E-state index in [1.807, 2.05) is 0 Å². The second-order valence-electron chi connectivity index (χ2n) is 3.36. The lowest BCUT2D eigenvalue weighted by Crippen LogP contribution is -2.53. The number of nitrogens with zero attached hydrogens (tertiary/aromatic N) is 1. The molecule has 0 amide bonds. The van der Waals surface area contributed by atoms with Crippen LogP contribution in [0, 0.1) is 6.57 Å². The van der Waals surface area contributed by atoms with Crippen LogP contribution in [0.5, 0.6) is 0 Å². The fraction of sp³-hybridized carbons (Fsp3) is 0.300. The van der Waals surface area contributed by atoms with Gasteiger partial charge in [-0.15, -0.1) is 0 Å². The molecule has 0 radical (unpaired) electrons. The second kappa shape index (κ2) is 4.17. The van der Waals surface area contributed by atoms with Crippen molar-refractivity contribution < 1.29 is 31.4 Å². The molecule has 2 nitrogen and oxygen atoms in total. The zero-order valence-electron chi connectivity index (χ0n) is 8.47. The van der Waals surface area contributed by atoms with E-state index in [2.05, 4.69) is 4.85 Å². The van der Waals surface area contributed by atoms with Crippen LogP contribution in [0.25, 0.3) is 4.85 Å². The van der Waals surface area contributed by atoms with Crippen molar-refractivity contribution in [1.29, 1.82) is 0 Å². The summed E-state index contributed by atoms with van der Waals surface area (Å²) in [6.45, 7) is 6.53. The summed E-state index contributed by atoms with van der Waals surface area (Å²) in [7, 11) is 0. The van der Waals surface area contributed by atoms with Crippen molar-refractivity contribution in [3.63, 3.8) is 0 Å². The Morgan fingerprint density at radius 1 is 0.889 bits per heavy atom. The maximum atomic E-state index is 12.4. The minimum absolute atomic E-state index is 0.134. The van der Waals surface area contributed by atoms with Crippen molar-refractivity contribution in [3.05, 3.63) is 41.2 Å². The van der Waals surface area contributed by atoms with E-state index in [1.165, 1.54) is 0 Å². The number of alkyl halides is 6. The molecule has 0 aliphatic carbocycles. The smallest absolute Gasteiger partial charge is 0.369 e. The summed E-state index contributed by atoms with van der Waals surface area (Å²) in [6, 6.07) is 2.39. The maximum Gasteiger partial charge on any atom is 0.430 e. The molecule has 0 heterocycles. The van der Waals surface area contributed by atoms with Crippen LogP contribution in [0.15, 0.2) is 24.3 Å². The van der Waals surface area contributed by atoms with Crippen LogP contribution < -0.4 is 0 Å². The molecule has 0 spiro atoms. The Morgan fingerprint density at radius 3 is 1.56 bits per heavy atom. The Balaban J connectivity index is 3.42. The molecule has 0 bridgehead atoms. The Morgan fingerprint density at radius 2 is 1.28 bits per heavy atom. The summed E-state index contributed by atoms with van der Waals surface area (Å²) in [5.74, 6) is 0. The van der Waals surface area contributed by atoms with Gasteiger partial charge in [0.2, 0.25) is 0 Å². The number of hydrogen-bond donors (Lipinski definition) is 1. The van der Waals surface area contributed by atoms with Crippen molar-refractivity contribution in [2.45, 2.75) is 18.0 Å². The normalized spacial score (nSPS) is 13.2. The van der Waals surface area contributed by atoms with Gasteiger partial charge in [-0.1, -0.05) is 24.3 Å². The van der Waals surface area contributed by atoms with Crippen molar-refractivity contribution in [2.24, 2.45) is 0 Å². The molecule has 0 saturated carbocycles. The highest BCUT2D eigenvalue weighted by molar-refractivity contribution is 5.46. The Hall–Kier alpha value is -1.75. The summed E-state index contributed by atoms with van der Waals surface area (Å²) in [6.07, 6.45) is -11.8. The topological polar surface area (TPSA) is 24.6 Å². The van der Waals surface area contributed by atoms with Gasteiger partial charge in [0.25, 0.3) is 5.60 Å². The Labute approximate surface area is 97.3 Å². The average molecular weight is 269 g/mol. The SMILES string of the molecule is [C-]#[N+]c1ccc(C(O)(C(F)(F)F)C(F)(F)F)cc1. The van der Waals surface area contributed by atoms with E-state index < -0.39 is 23.5 Å². The number of aliphatic hydroxyl groups is 1. The molecule has 0 saturated heterocycles. The summed E-state index contributed by atoms with van der Waals surface area (Å²) in [4.78, 5) is 2.82. The highest BCUT2D eigenvalue weighted by Crippen LogP contribution is 2.50. The standard InChI is InChI=1S/C10H5F6NO/c1-17-7-4-2-6(3-5-7)8(18,9(11,12)13)10(14,15)16/h2-5,18H. The molecule has 1 rings (SSSR count). The fourth-order valence-corrected chi connectivity index (χ4v) is 1.27. The van der Waals surface area contributed by atoms with Gasteiger partial charge in [0, 0.05) is 0 Å². The first kappa shape index (κ1) is 14.3. The van der Waals surface area contributed by atoms with Crippen LogP contribution >= 0.6 is 0 Å². The lowest BCUT2D eigenvalue weighted by molar-refractivity contribution is -0.376. The molecule has 0 atom stereocenters. The molecule has 1 aromatic rings. The van der Waals surface area contributed by atoms with Crippen LogP contribution in [0.4, 0.5) is 32.0 Å². The molecule has 1 N–H and O–H groups in total. The van der Waals surface area contributed by atoms with Crippen molar-refractivity contribution in [1.82, 2.24) is 0 Å². The van der Waals surface area contributed by atoms with Gasteiger partial charge in [-0.2, -0.15) is 26.3 Å². The molecule has 8 heteroatoms. The van der Waals surface area contributed by atoms with E-state index in [-0.39, 0.29) is 5.69 Å². The summed E-state index contributed by atoms with van der Waals surface area (Å²) in [5, 5.41) is 8.99. The quantitative estimate of drug-likeness (QED) is 0.612. The third kappa shape index (κ3) is 2.13. The van der Waals surface area contributed by atoms with Crippen molar-refractivity contribution >= 4 is 5.69 Å². The summed E-state index contributed by atoms with van der Waals surface area (Å²) in [5.41, 5.74) is -6.46. The monoisotopic (exact) mass is 269 g/mol. The van der Waals surface area contributed by atoms with E-state index in [1.54, 1.807) is 0 Å². The van der Waals surface area contributed by atoms with Gasteiger partial charge in [-0.25, -0.2) is 4.85 Å². The first-order valence-electron chi connectivity index (χ1n) is 4.38. The fourth-order valence-electron chi connectivity index (χ4n) is 1.27. The van der Waals surface area contributed by atoms with Crippen LogP contribution in [0.1, 0.15) is 5.56 Å². The average Bonchev–Trinajstić information content (AvgIpc) is 2.25. The minimum atomic E-state index is -5.91. The maximum absolute atomic E-state index is 12.4. The molecule has 0 aromatic heterocycles. The third-order valence-corrected chi connectivity index (χ3v) is 2.23. The third-order valence-electron chi connectivity index (χ3n) is 2.23. The lowest BCUT2D eigenvalue weighted by Gasteiger charge is -2.32. The summed E-state index contributed by atoms with van der Waals surface area (Å²) < 4.78 is 74.6. The van der Waals surface area contributed by atoms with E-state index in [4.69, 9.17) is 11.7 Å². The second-order valence-corrected chi connectivity index (χ2v) is 3.36. The highest BCUT2D eigenvalue weighted by Gasteiger charge is 2.71. The van der Waals surface area contributed by atoms with E-state index in [0.29, 0.717) is 12.1 Å².